The van der Waals surface area contributed by atoms with Crippen LogP contribution >= 0.6 is 0 Å². The van der Waals surface area contributed by atoms with E-state index >= 15 is 0 Å². The summed E-state index contributed by atoms with van der Waals surface area (Å²) in [6.45, 7) is 1.57. The van der Waals surface area contributed by atoms with Crippen LogP contribution in [0.4, 0.5) is 5.69 Å². The van der Waals surface area contributed by atoms with Crippen molar-refractivity contribution in [1.82, 2.24) is 0 Å². The van der Waals surface area contributed by atoms with E-state index in [4.69, 9.17) is 9.47 Å². The lowest BCUT2D eigenvalue weighted by Crippen LogP contribution is -2.55. The van der Waals surface area contributed by atoms with Gasteiger partial charge in [0.1, 0.15) is 5.92 Å². The number of ether oxygens (including phenoxy) is 2. The van der Waals surface area contributed by atoms with Crippen molar-refractivity contribution >= 4 is 23.3 Å². The molecule has 2 N–H and O–H groups in total. The zero-order valence-electron chi connectivity index (χ0n) is 17.2. The number of rotatable bonds is 5. The highest BCUT2D eigenvalue weighted by atomic mass is 16.5. The number of anilines is 1. The molecule has 1 aliphatic rings. The number of benzene rings is 2. The Kier molecular flexibility index (Phi) is 6.52. The van der Waals surface area contributed by atoms with Gasteiger partial charge in [0.25, 0.3) is 0 Å². The second-order valence-electron chi connectivity index (χ2n) is 7.55. The van der Waals surface area contributed by atoms with Gasteiger partial charge < -0.3 is 14.6 Å². The predicted molar refractivity (Wildman–Crippen MR) is 113 cm³/mol. The number of carbonyl (C=O) groups excluding carboxylic acids is 2. The van der Waals surface area contributed by atoms with Gasteiger partial charge in [-0.3, -0.25) is 15.0 Å². The fourth-order valence-electron chi connectivity index (χ4n) is 4.13. The number of methoxy groups -OCH3 is 2. The lowest BCUT2D eigenvalue weighted by molar-refractivity contribution is -0.160. The van der Waals surface area contributed by atoms with E-state index in [1.54, 1.807) is 6.92 Å². The molecule has 0 spiro atoms. The molecule has 0 amide bonds. The van der Waals surface area contributed by atoms with Gasteiger partial charge in [-0.05, 0) is 24.6 Å². The van der Waals surface area contributed by atoms with Crippen LogP contribution in [0.2, 0.25) is 0 Å². The summed E-state index contributed by atoms with van der Waals surface area (Å²) in [6, 6.07) is 18.4. The molecule has 0 radical (unpaired) electrons. The number of aliphatic hydroxyl groups is 1. The van der Waals surface area contributed by atoms with Gasteiger partial charge in [-0.15, -0.1) is 0 Å². The highest BCUT2D eigenvalue weighted by molar-refractivity contribution is 6.06. The monoisotopic (exact) mass is 410 g/mol. The van der Waals surface area contributed by atoms with E-state index in [-0.39, 0.29) is 6.42 Å². The molecule has 3 rings (SSSR count). The molecule has 2 aromatic carbocycles. The van der Waals surface area contributed by atoms with Crippen LogP contribution < -0.4 is 5.43 Å². The Labute approximate surface area is 175 Å². The summed E-state index contributed by atoms with van der Waals surface area (Å²) >= 11 is 0. The Morgan fingerprint density at radius 1 is 1.00 bits per heavy atom. The van der Waals surface area contributed by atoms with Crippen molar-refractivity contribution in [3.8, 4) is 0 Å². The van der Waals surface area contributed by atoms with Gasteiger partial charge in [-0.1, -0.05) is 48.5 Å². The van der Waals surface area contributed by atoms with Crippen LogP contribution in [0.25, 0.3) is 0 Å². The molecule has 0 heterocycles. The number of carbonyl (C=O) groups is 2. The molecule has 0 aliphatic heterocycles. The summed E-state index contributed by atoms with van der Waals surface area (Å²) in [5.74, 6) is -3.64. The van der Waals surface area contributed by atoms with Crippen molar-refractivity contribution in [2.75, 3.05) is 19.6 Å². The first kappa shape index (κ1) is 21.5. The van der Waals surface area contributed by atoms with E-state index in [1.165, 1.54) is 14.2 Å². The normalized spacial score (nSPS) is 27.3. The number of hydrogen-bond donors (Lipinski definition) is 2. The Morgan fingerprint density at radius 2 is 1.57 bits per heavy atom. The molecular formula is C23H26N2O5. The van der Waals surface area contributed by atoms with Crippen molar-refractivity contribution in [3.63, 3.8) is 0 Å². The van der Waals surface area contributed by atoms with E-state index in [1.807, 2.05) is 60.7 Å². The topological polar surface area (TPSA) is 97.2 Å². The van der Waals surface area contributed by atoms with Crippen LogP contribution in [0, 0.1) is 11.8 Å². The zero-order chi connectivity index (χ0) is 21.7. The third-order valence-corrected chi connectivity index (χ3v) is 5.48. The predicted octanol–water partition coefficient (Wildman–Crippen LogP) is 2.97. The van der Waals surface area contributed by atoms with Crippen molar-refractivity contribution in [3.05, 3.63) is 66.2 Å². The third kappa shape index (κ3) is 4.36. The highest BCUT2D eigenvalue weighted by Gasteiger charge is 2.56. The first-order chi connectivity index (χ1) is 14.4. The summed E-state index contributed by atoms with van der Waals surface area (Å²) in [4.78, 5) is 25.6. The molecule has 2 aromatic rings. The number of esters is 2. The largest absolute Gasteiger partial charge is 0.469 e. The Morgan fingerprint density at radius 3 is 2.13 bits per heavy atom. The summed E-state index contributed by atoms with van der Waals surface area (Å²) in [7, 11) is 2.57. The fourth-order valence-corrected chi connectivity index (χ4v) is 4.13. The maximum absolute atomic E-state index is 12.9. The van der Waals surface area contributed by atoms with Crippen LogP contribution in [0.15, 0.2) is 65.8 Å². The molecule has 0 saturated heterocycles. The molecular weight excluding hydrogens is 384 g/mol. The van der Waals surface area contributed by atoms with Crippen molar-refractivity contribution in [2.45, 2.75) is 24.9 Å². The number of hydrogen-bond acceptors (Lipinski definition) is 7. The van der Waals surface area contributed by atoms with Crippen LogP contribution in [0.5, 0.6) is 0 Å². The smallest absolute Gasteiger partial charge is 0.315 e. The van der Waals surface area contributed by atoms with Gasteiger partial charge in [0.2, 0.25) is 0 Å². The minimum atomic E-state index is -1.48. The standard InChI is InChI=1S/C23H26N2O5/c1-23(28)14-17(25-24-16-12-8-5-9-13-16)19(21(26)29-2)18(20(23)22(27)30-3)15-10-6-4-7-11-15/h4-13,18-20,24,28H,14H2,1-3H3/b25-17-/t18-,19+,20+,23+/m0/s1. The lowest BCUT2D eigenvalue weighted by atomic mass is 9.61. The van der Waals surface area contributed by atoms with E-state index in [0.29, 0.717) is 5.71 Å². The second-order valence-corrected chi connectivity index (χ2v) is 7.55. The number of nitrogens with zero attached hydrogens (tertiary/aromatic N) is 1. The Bertz CT molecular complexity index is 912. The molecule has 158 valence electrons. The molecule has 1 fully saturated rings. The second kappa shape index (κ2) is 9.09. The first-order valence-corrected chi connectivity index (χ1v) is 9.69. The summed E-state index contributed by atoms with van der Waals surface area (Å²) in [6.07, 6.45) is 0.00962. The summed E-state index contributed by atoms with van der Waals surface area (Å²) in [5.41, 5.74) is 3.33. The SMILES string of the molecule is COC(=O)[C@@H]1/C(=N\Nc2ccccc2)C[C@@](C)(O)[C@@H](C(=O)OC)[C@H]1c1ccccc1. The van der Waals surface area contributed by atoms with Crippen molar-refractivity contribution in [2.24, 2.45) is 16.9 Å². The quantitative estimate of drug-likeness (QED) is 0.581. The van der Waals surface area contributed by atoms with Gasteiger partial charge in [0.05, 0.1) is 37.1 Å². The van der Waals surface area contributed by atoms with E-state index in [2.05, 4.69) is 10.5 Å². The van der Waals surface area contributed by atoms with E-state index in [9.17, 15) is 14.7 Å². The molecule has 4 atom stereocenters. The fraction of sp³-hybridized carbons (Fsp3) is 0.348. The van der Waals surface area contributed by atoms with Gasteiger partial charge >= 0.3 is 11.9 Å². The maximum Gasteiger partial charge on any atom is 0.315 e. The number of para-hydroxylation sites is 1. The van der Waals surface area contributed by atoms with Crippen LogP contribution in [-0.2, 0) is 19.1 Å². The van der Waals surface area contributed by atoms with Crippen molar-refractivity contribution in [1.29, 1.82) is 0 Å². The molecule has 7 nitrogen and oxygen atoms in total. The van der Waals surface area contributed by atoms with Crippen LogP contribution in [-0.4, -0.2) is 42.6 Å². The van der Waals surface area contributed by atoms with Crippen LogP contribution in [0.1, 0.15) is 24.8 Å². The Balaban J connectivity index is 2.12. The highest BCUT2D eigenvalue weighted by Crippen LogP contribution is 2.47. The van der Waals surface area contributed by atoms with Gasteiger partial charge in [-0.25, -0.2) is 0 Å². The van der Waals surface area contributed by atoms with Crippen molar-refractivity contribution < 1.29 is 24.2 Å². The molecule has 0 aromatic heterocycles. The Hall–Kier alpha value is -3.19. The molecule has 30 heavy (non-hydrogen) atoms. The van der Waals surface area contributed by atoms with Gasteiger partial charge in [0.15, 0.2) is 0 Å². The number of hydrazone groups is 1. The molecule has 1 saturated carbocycles. The minimum absolute atomic E-state index is 0.00962. The van der Waals surface area contributed by atoms with E-state index in [0.717, 1.165) is 11.3 Å². The number of nitrogens with one attached hydrogen (secondary N) is 1. The average Bonchev–Trinajstić information content (AvgIpc) is 2.77. The average molecular weight is 410 g/mol. The van der Waals surface area contributed by atoms with E-state index < -0.39 is 35.3 Å². The molecule has 1 aliphatic carbocycles. The van der Waals surface area contributed by atoms with Gasteiger partial charge in [-0.2, -0.15) is 5.10 Å². The zero-order valence-corrected chi connectivity index (χ0v) is 17.2. The molecule has 7 heteroatoms. The third-order valence-electron chi connectivity index (χ3n) is 5.48. The van der Waals surface area contributed by atoms with Gasteiger partial charge in [0, 0.05) is 12.3 Å². The minimum Gasteiger partial charge on any atom is -0.469 e. The molecule has 0 bridgehead atoms. The lowest BCUT2D eigenvalue weighted by Gasteiger charge is -2.44. The summed E-state index contributed by atoms with van der Waals surface area (Å²) < 4.78 is 10.1. The first-order valence-electron chi connectivity index (χ1n) is 9.69. The van der Waals surface area contributed by atoms with Crippen LogP contribution in [0.3, 0.4) is 0 Å². The molecule has 0 unspecified atom stereocenters. The summed E-state index contributed by atoms with van der Waals surface area (Å²) in [5, 5.41) is 15.7. The maximum atomic E-state index is 12.9.